The minimum absolute atomic E-state index is 0.184. The van der Waals surface area contributed by atoms with E-state index in [2.05, 4.69) is 36.2 Å². The molecule has 0 unspecified atom stereocenters. The van der Waals surface area contributed by atoms with Crippen LogP contribution in [0.4, 0.5) is 29.0 Å². The number of aromatic hydroxyl groups is 1. The van der Waals surface area contributed by atoms with Crippen LogP contribution < -0.4 is 15.3 Å². The van der Waals surface area contributed by atoms with Gasteiger partial charge in [0.05, 0.1) is 22.5 Å². The van der Waals surface area contributed by atoms with E-state index in [1.165, 1.54) is 0 Å². The lowest BCUT2D eigenvalue weighted by Gasteiger charge is -2.24. The fourth-order valence-corrected chi connectivity index (χ4v) is 2.82. The van der Waals surface area contributed by atoms with Gasteiger partial charge in [-0.1, -0.05) is 13.0 Å². The smallest absolute Gasteiger partial charge is 0.256 e. The van der Waals surface area contributed by atoms with Gasteiger partial charge in [-0.3, -0.25) is 4.84 Å². The molecule has 0 spiro atoms. The van der Waals surface area contributed by atoms with Gasteiger partial charge in [-0.05, 0) is 52.7 Å². The van der Waals surface area contributed by atoms with E-state index in [1.807, 2.05) is 50.2 Å². The quantitative estimate of drug-likeness (QED) is 0.472. The summed E-state index contributed by atoms with van der Waals surface area (Å²) >= 11 is 3.47. The molecule has 2 aromatic heterocycles. The molecule has 9 heteroatoms. The first-order valence-electron chi connectivity index (χ1n) is 9.13. The van der Waals surface area contributed by atoms with Gasteiger partial charge in [0.25, 0.3) is 5.95 Å². The Labute approximate surface area is 178 Å². The van der Waals surface area contributed by atoms with Crippen molar-refractivity contribution in [3.8, 4) is 5.75 Å². The molecule has 0 aliphatic rings. The lowest BCUT2D eigenvalue weighted by atomic mass is 10.2. The number of benzene rings is 1. The molecule has 8 nitrogen and oxygen atoms in total. The first-order chi connectivity index (χ1) is 14.0. The van der Waals surface area contributed by atoms with Crippen LogP contribution >= 0.6 is 15.9 Å². The maximum atomic E-state index is 10.1. The van der Waals surface area contributed by atoms with Crippen LogP contribution in [-0.2, 0) is 4.84 Å². The minimum Gasteiger partial charge on any atom is -0.506 e. The summed E-state index contributed by atoms with van der Waals surface area (Å²) in [6.45, 7) is 2.51. The number of anilines is 5. The number of phenolic OH excluding ortho intramolecular Hbond substituents is 1. The maximum Gasteiger partial charge on any atom is 0.256 e. The third kappa shape index (κ3) is 5.12. The molecule has 0 saturated heterocycles. The van der Waals surface area contributed by atoms with Crippen molar-refractivity contribution in [3.05, 3.63) is 53.3 Å². The zero-order valence-electron chi connectivity index (χ0n) is 16.5. The number of nitrogens with one attached hydrogen (secondary N) is 1. The predicted octanol–water partition coefficient (Wildman–Crippen LogP) is 4.63. The van der Waals surface area contributed by atoms with Gasteiger partial charge < -0.3 is 15.3 Å². The summed E-state index contributed by atoms with van der Waals surface area (Å²) in [6.07, 6.45) is 4.18. The van der Waals surface area contributed by atoms with E-state index in [1.54, 1.807) is 29.6 Å². The number of pyridine rings is 1. The van der Waals surface area contributed by atoms with E-state index in [4.69, 9.17) is 4.84 Å². The topological polar surface area (TPSA) is 86.6 Å². The van der Waals surface area contributed by atoms with E-state index in [-0.39, 0.29) is 5.75 Å². The molecular weight excluding hydrogens is 436 g/mol. The normalized spacial score (nSPS) is 10.6. The van der Waals surface area contributed by atoms with E-state index < -0.39 is 0 Å². The highest BCUT2D eigenvalue weighted by atomic mass is 79.9. The zero-order chi connectivity index (χ0) is 20.8. The predicted molar refractivity (Wildman–Crippen MR) is 118 cm³/mol. The molecule has 0 atom stereocenters. The lowest BCUT2D eigenvalue weighted by Crippen LogP contribution is -2.21. The van der Waals surface area contributed by atoms with Crippen molar-refractivity contribution in [2.24, 2.45) is 0 Å². The number of hydrogen-bond acceptors (Lipinski definition) is 8. The Morgan fingerprint density at radius 3 is 2.69 bits per heavy atom. The SMILES string of the molecule is CCCON(c1ccc(O)c(N(C)C)c1)c1ncc(Br)c(Nc2ccccn2)n1. The van der Waals surface area contributed by atoms with Crippen LogP contribution in [-0.4, -0.2) is 40.8 Å². The standard InChI is InChI=1S/C20H23BrN6O2/c1-4-11-29-27(14-8-9-17(28)16(12-14)26(2)3)20-23-13-15(21)19(25-20)24-18-7-5-6-10-22-18/h5-10,12-13,28H,4,11H2,1-3H3,(H,22,23,24,25). The van der Waals surface area contributed by atoms with Gasteiger partial charge >= 0.3 is 0 Å². The third-order valence-electron chi connectivity index (χ3n) is 3.92. The molecule has 0 bridgehead atoms. The number of aromatic nitrogens is 3. The Bertz CT molecular complexity index is 955. The van der Waals surface area contributed by atoms with E-state index in [9.17, 15) is 5.11 Å². The number of halogens is 1. The Hall–Kier alpha value is -2.91. The number of phenols is 1. The van der Waals surface area contributed by atoms with Crippen LogP contribution in [0.2, 0.25) is 0 Å². The third-order valence-corrected chi connectivity index (χ3v) is 4.50. The fourth-order valence-electron chi connectivity index (χ4n) is 2.53. The first kappa shape index (κ1) is 20.8. The zero-order valence-corrected chi connectivity index (χ0v) is 18.1. The van der Waals surface area contributed by atoms with Crippen molar-refractivity contribution in [3.63, 3.8) is 0 Å². The molecular formula is C20H23BrN6O2. The van der Waals surface area contributed by atoms with E-state index in [0.717, 1.165) is 6.42 Å². The number of nitrogens with zero attached hydrogens (tertiary/aromatic N) is 5. The van der Waals surface area contributed by atoms with Crippen molar-refractivity contribution in [1.82, 2.24) is 15.0 Å². The molecule has 0 aliphatic carbocycles. The molecule has 0 radical (unpaired) electrons. The van der Waals surface area contributed by atoms with Crippen LogP contribution in [0.1, 0.15) is 13.3 Å². The fraction of sp³-hybridized carbons (Fsp3) is 0.250. The molecule has 2 heterocycles. The minimum atomic E-state index is 0.184. The summed E-state index contributed by atoms with van der Waals surface area (Å²) in [5, 5.41) is 14.9. The Morgan fingerprint density at radius 1 is 1.17 bits per heavy atom. The second-order valence-corrected chi connectivity index (χ2v) is 7.26. The highest BCUT2D eigenvalue weighted by Gasteiger charge is 2.18. The van der Waals surface area contributed by atoms with Crippen molar-refractivity contribution < 1.29 is 9.94 Å². The van der Waals surface area contributed by atoms with Crippen LogP contribution in [0.5, 0.6) is 5.75 Å². The van der Waals surface area contributed by atoms with Gasteiger partial charge in [0, 0.05) is 26.5 Å². The van der Waals surface area contributed by atoms with Gasteiger partial charge in [0.1, 0.15) is 11.6 Å². The average Bonchev–Trinajstić information content (AvgIpc) is 2.72. The summed E-state index contributed by atoms with van der Waals surface area (Å²) in [5.41, 5.74) is 1.36. The monoisotopic (exact) mass is 458 g/mol. The molecule has 3 aromatic rings. The number of rotatable bonds is 8. The van der Waals surface area contributed by atoms with Gasteiger partial charge in [0.15, 0.2) is 5.82 Å². The molecule has 0 aliphatic heterocycles. The molecule has 1 aromatic carbocycles. The van der Waals surface area contributed by atoms with Gasteiger partial charge in [-0.25, -0.2) is 9.97 Å². The van der Waals surface area contributed by atoms with Crippen molar-refractivity contribution >= 4 is 44.9 Å². The average molecular weight is 459 g/mol. The molecule has 0 amide bonds. The summed E-state index contributed by atoms with van der Waals surface area (Å²) < 4.78 is 0.696. The van der Waals surface area contributed by atoms with Crippen LogP contribution in [0.25, 0.3) is 0 Å². The molecule has 0 fully saturated rings. The van der Waals surface area contributed by atoms with Crippen LogP contribution in [0, 0.1) is 0 Å². The van der Waals surface area contributed by atoms with Crippen LogP contribution in [0.15, 0.2) is 53.3 Å². The van der Waals surface area contributed by atoms with Crippen LogP contribution in [0.3, 0.4) is 0 Å². The molecule has 152 valence electrons. The van der Waals surface area contributed by atoms with Gasteiger partial charge in [-0.15, -0.1) is 0 Å². The second kappa shape index (κ2) is 9.53. The van der Waals surface area contributed by atoms with Gasteiger partial charge in [0.2, 0.25) is 0 Å². The highest BCUT2D eigenvalue weighted by molar-refractivity contribution is 9.10. The van der Waals surface area contributed by atoms with Gasteiger partial charge in [-0.2, -0.15) is 10.0 Å². The van der Waals surface area contributed by atoms with Crippen molar-refractivity contribution in [2.45, 2.75) is 13.3 Å². The Kier molecular flexibility index (Phi) is 6.84. The molecule has 3 rings (SSSR count). The lowest BCUT2D eigenvalue weighted by molar-refractivity contribution is 0.133. The Balaban J connectivity index is 1.99. The Morgan fingerprint density at radius 2 is 2.00 bits per heavy atom. The molecule has 2 N–H and O–H groups in total. The second-order valence-electron chi connectivity index (χ2n) is 6.40. The summed E-state index contributed by atoms with van der Waals surface area (Å²) in [5.74, 6) is 1.77. The highest BCUT2D eigenvalue weighted by Crippen LogP contribution is 2.34. The summed E-state index contributed by atoms with van der Waals surface area (Å²) in [7, 11) is 3.72. The largest absolute Gasteiger partial charge is 0.506 e. The van der Waals surface area contributed by atoms with E-state index in [0.29, 0.717) is 40.0 Å². The number of hydrogen-bond donors (Lipinski definition) is 2. The van der Waals surface area contributed by atoms with Crippen molar-refractivity contribution in [1.29, 1.82) is 0 Å². The van der Waals surface area contributed by atoms with Crippen molar-refractivity contribution in [2.75, 3.05) is 36.0 Å². The molecule has 0 saturated carbocycles. The summed E-state index contributed by atoms with van der Waals surface area (Å²) in [6, 6.07) is 10.8. The molecule has 29 heavy (non-hydrogen) atoms. The first-order valence-corrected chi connectivity index (χ1v) is 9.93. The maximum absolute atomic E-state index is 10.1. The summed E-state index contributed by atoms with van der Waals surface area (Å²) in [4.78, 5) is 21.1. The van der Waals surface area contributed by atoms with E-state index >= 15 is 0 Å².